The average molecular weight is 380 g/mol. The summed E-state index contributed by atoms with van der Waals surface area (Å²) >= 11 is 1.10. The van der Waals surface area contributed by atoms with Gasteiger partial charge >= 0.3 is 13.3 Å². The SMILES string of the molecule is CCCCCCCCCCCC(=O)SCC1COP(=O)(O)C(=O)O1. The molecule has 1 rings (SSSR count). The van der Waals surface area contributed by atoms with Crippen LogP contribution in [0.5, 0.6) is 0 Å². The number of thioether (sulfide) groups is 1. The van der Waals surface area contributed by atoms with Gasteiger partial charge in [0.1, 0.15) is 6.10 Å². The quantitative estimate of drug-likeness (QED) is 0.381. The van der Waals surface area contributed by atoms with Crippen molar-refractivity contribution in [3.05, 3.63) is 0 Å². The third kappa shape index (κ3) is 9.21. The molecule has 1 aliphatic rings. The molecule has 0 aromatic rings. The summed E-state index contributed by atoms with van der Waals surface area (Å²) in [6, 6.07) is 0. The highest BCUT2D eigenvalue weighted by molar-refractivity contribution is 8.13. The molecule has 1 fully saturated rings. The number of hydrogen-bond acceptors (Lipinski definition) is 6. The van der Waals surface area contributed by atoms with E-state index in [0.717, 1.165) is 24.6 Å². The van der Waals surface area contributed by atoms with Gasteiger partial charge in [-0.3, -0.25) is 9.32 Å². The fourth-order valence-corrected chi connectivity index (χ4v) is 3.98. The third-order valence-corrected chi connectivity index (χ3v) is 5.98. The van der Waals surface area contributed by atoms with E-state index in [1.165, 1.54) is 44.9 Å². The molecule has 2 unspecified atom stereocenters. The average Bonchev–Trinajstić information content (AvgIpc) is 2.54. The van der Waals surface area contributed by atoms with E-state index >= 15 is 0 Å². The molecule has 1 heterocycles. The van der Waals surface area contributed by atoms with E-state index in [1.54, 1.807) is 0 Å². The molecule has 0 saturated carbocycles. The monoisotopic (exact) mass is 380 g/mol. The van der Waals surface area contributed by atoms with Crippen molar-refractivity contribution in [1.82, 2.24) is 0 Å². The van der Waals surface area contributed by atoms with E-state index in [0.29, 0.717) is 6.42 Å². The van der Waals surface area contributed by atoms with Gasteiger partial charge in [-0.2, -0.15) is 0 Å². The van der Waals surface area contributed by atoms with Crippen molar-refractivity contribution in [1.29, 1.82) is 0 Å². The minimum absolute atomic E-state index is 0.0618. The van der Waals surface area contributed by atoms with Gasteiger partial charge in [0.2, 0.25) is 0 Å². The summed E-state index contributed by atoms with van der Waals surface area (Å²) in [4.78, 5) is 32.0. The Hall–Kier alpha value is -0.360. The maximum absolute atomic E-state index is 11.8. The first kappa shape index (κ1) is 21.7. The minimum atomic E-state index is -4.26. The lowest BCUT2D eigenvalue weighted by molar-refractivity contribution is -0.111. The van der Waals surface area contributed by atoms with Crippen LogP contribution in [-0.4, -0.2) is 34.2 Å². The van der Waals surface area contributed by atoms with Crippen LogP contribution in [0.3, 0.4) is 0 Å². The second-order valence-corrected chi connectivity index (χ2v) is 8.82. The summed E-state index contributed by atoms with van der Waals surface area (Å²) in [6.07, 6.45) is 10.7. The molecule has 0 radical (unpaired) electrons. The van der Waals surface area contributed by atoms with Crippen molar-refractivity contribution in [3.8, 4) is 0 Å². The van der Waals surface area contributed by atoms with Gasteiger partial charge in [-0.05, 0) is 6.42 Å². The summed E-state index contributed by atoms with van der Waals surface area (Å²) in [5, 5.41) is 0.0618. The Morgan fingerprint density at radius 3 is 2.33 bits per heavy atom. The zero-order valence-electron chi connectivity index (χ0n) is 14.4. The molecular formula is C16H29O6PS. The van der Waals surface area contributed by atoms with Crippen molar-refractivity contribution >= 4 is 30.2 Å². The van der Waals surface area contributed by atoms with Gasteiger partial charge in [0.05, 0.1) is 6.61 Å². The summed E-state index contributed by atoms with van der Waals surface area (Å²) < 4.78 is 20.5. The minimum Gasteiger partial charge on any atom is -0.450 e. The fraction of sp³-hybridized carbons (Fsp3) is 0.875. The van der Waals surface area contributed by atoms with E-state index in [2.05, 4.69) is 11.4 Å². The summed E-state index contributed by atoms with van der Waals surface area (Å²) in [6.45, 7) is 2.07. The van der Waals surface area contributed by atoms with Gasteiger partial charge in [-0.15, -0.1) is 0 Å². The Kier molecular flexibility index (Phi) is 10.9. The summed E-state index contributed by atoms with van der Waals surface area (Å²) in [5.74, 6) is 0.266. The van der Waals surface area contributed by atoms with Crippen LogP contribution < -0.4 is 0 Å². The first-order valence-electron chi connectivity index (χ1n) is 8.80. The van der Waals surface area contributed by atoms with E-state index in [9.17, 15) is 14.2 Å². The number of hydrogen-bond donors (Lipinski definition) is 1. The highest BCUT2D eigenvalue weighted by Gasteiger charge is 2.40. The zero-order chi connectivity index (χ0) is 17.8. The van der Waals surface area contributed by atoms with E-state index < -0.39 is 19.4 Å². The Labute approximate surface area is 148 Å². The van der Waals surface area contributed by atoms with Crippen LogP contribution in [0.2, 0.25) is 0 Å². The van der Waals surface area contributed by atoms with Crippen LogP contribution >= 0.6 is 19.4 Å². The van der Waals surface area contributed by atoms with Crippen LogP contribution in [0.15, 0.2) is 0 Å². The highest BCUT2D eigenvalue weighted by atomic mass is 32.2. The second kappa shape index (κ2) is 12.1. The van der Waals surface area contributed by atoms with Gasteiger partial charge < -0.3 is 9.63 Å². The topological polar surface area (TPSA) is 89.9 Å². The summed E-state index contributed by atoms with van der Waals surface area (Å²) in [7, 11) is -4.26. The van der Waals surface area contributed by atoms with Crippen molar-refractivity contribution < 1.29 is 28.3 Å². The summed E-state index contributed by atoms with van der Waals surface area (Å²) in [5.41, 5.74) is -1.23. The molecule has 24 heavy (non-hydrogen) atoms. The molecule has 0 aromatic heterocycles. The van der Waals surface area contributed by atoms with Crippen LogP contribution in [0.25, 0.3) is 0 Å². The molecule has 1 aliphatic heterocycles. The molecule has 1 N–H and O–H groups in total. The predicted octanol–water partition coefficient (Wildman–Crippen LogP) is 4.89. The van der Waals surface area contributed by atoms with Crippen molar-refractivity contribution in [2.24, 2.45) is 0 Å². The molecule has 2 atom stereocenters. The van der Waals surface area contributed by atoms with Gasteiger partial charge in [0.15, 0.2) is 5.12 Å². The number of cyclic esters (lactones) is 1. The number of ether oxygens (including phenoxy) is 1. The van der Waals surface area contributed by atoms with Gasteiger partial charge in [0, 0.05) is 12.2 Å². The third-order valence-electron chi connectivity index (χ3n) is 3.85. The van der Waals surface area contributed by atoms with Crippen LogP contribution in [0.1, 0.15) is 71.1 Å². The Morgan fingerprint density at radius 2 is 1.75 bits per heavy atom. The molecule has 140 valence electrons. The Balaban J connectivity index is 1.97. The fourth-order valence-electron chi connectivity index (χ4n) is 2.40. The molecule has 8 heteroatoms. The molecule has 0 spiro atoms. The number of carbonyl (C=O) groups is 2. The lowest BCUT2D eigenvalue weighted by Crippen LogP contribution is -2.30. The largest absolute Gasteiger partial charge is 0.450 e. The lowest BCUT2D eigenvalue weighted by Gasteiger charge is -2.24. The van der Waals surface area contributed by atoms with Crippen molar-refractivity contribution in [2.45, 2.75) is 77.2 Å². The van der Waals surface area contributed by atoms with Crippen molar-refractivity contribution in [3.63, 3.8) is 0 Å². The van der Waals surface area contributed by atoms with E-state index in [4.69, 9.17) is 9.63 Å². The van der Waals surface area contributed by atoms with Gasteiger partial charge in [-0.1, -0.05) is 70.1 Å². The van der Waals surface area contributed by atoms with Crippen LogP contribution in [-0.2, 0) is 18.6 Å². The first-order chi connectivity index (χ1) is 11.5. The first-order valence-corrected chi connectivity index (χ1v) is 11.4. The standard InChI is InChI=1S/C16H29O6PS/c1-2-3-4-5-6-7-8-9-10-11-15(17)24-13-14-12-21-23(19,20)16(18)22-14/h14H,2-13H2,1H3,(H,19,20). The maximum atomic E-state index is 11.8. The van der Waals surface area contributed by atoms with E-state index in [1.807, 2.05) is 0 Å². The lowest BCUT2D eigenvalue weighted by atomic mass is 10.1. The molecule has 0 amide bonds. The van der Waals surface area contributed by atoms with Gasteiger partial charge in [-0.25, -0.2) is 9.36 Å². The van der Waals surface area contributed by atoms with E-state index in [-0.39, 0.29) is 17.5 Å². The zero-order valence-corrected chi connectivity index (χ0v) is 16.1. The number of unbranched alkanes of at least 4 members (excludes halogenated alkanes) is 8. The maximum Gasteiger partial charge on any atom is 0.436 e. The van der Waals surface area contributed by atoms with Crippen LogP contribution in [0.4, 0.5) is 4.79 Å². The predicted molar refractivity (Wildman–Crippen MR) is 95.4 cm³/mol. The molecule has 0 aliphatic carbocycles. The molecule has 6 nitrogen and oxygen atoms in total. The molecule has 1 saturated heterocycles. The highest BCUT2D eigenvalue weighted by Crippen LogP contribution is 2.47. The smallest absolute Gasteiger partial charge is 0.436 e. The molecular weight excluding hydrogens is 351 g/mol. The van der Waals surface area contributed by atoms with Crippen molar-refractivity contribution in [2.75, 3.05) is 12.4 Å². The molecule has 0 bridgehead atoms. The Bertz CT molecular complexity index is 442. The van der Waals surface area contributed by atoms with Gasteiger partial charge in [0.25, 0.3) is 0 Å². The second-order valence-electron chi connectivity index (χ2n) is 6.08. The number of rotatable bonds is 12. The normalized spacial score (nSPS) is 23.9. The molecule has 0 aromatic carbocycles. The van der Waals surface area contributed by atoms with Crippen LogP contribution in [0, 0.1) is 0 Å². The number of carbonyl (C=O) groups excluding carboxylic acids is 2. The Morgan fingerprint density at radius 1 is 1.17 bits per heavy atom.